The summed E-state index contributed by atoms with van der Waals surface area (Å²) in [4.78, 5) is 39.0. The van der Waals surface area contributed by atoms with E-state index in [0.29, 0.717) is 18.4 Å². The van der Waals surface area contributed by atoms with Crippen LogP contribution in [0.1, 0.15) is 67.3 Å². The number of ether oxygens (including phenoxy) is 2. The van der Waals surface area contributed by atoms with E-state index in [1.165, 1.54) is 4.57 Å². The van der Waals surface area contributed by atoms with Crippen LogP contribution in [0.5, 0.6) is 0 Å². The van der Waals surface area contributed by atoms with E-state index in [-0.39, 0.29) is 42.5 Å². The SMILES string of the molecule is C[C@]12C=CC(=O)C=C1CC[C@@H]1[C@@H]2[C@@H](O)C[C@@]2(C)[C@H]1C[C@H]1O[C@@H](c3ccn(C(=O)Cc4cccc(CO)c4)c3)O[C@]12C(=O)CO. The highest BCUT2D eigenvalue weighted by Gasteiger charge is 2.75. The number of carbonyl (C=O) groups is 3. The number of hydrogen-bond donors (Lipinski definition) is 3. The van der Waals surface area contributed by atoms with Crippen molar-refractivity contribution < 1.29 is 39.2 Å². The van der Waals surface area contributed by atoms with E-state index in [1.54, 1.807) is 48.8 Å². The summed E-state index contributed by atoms with van der Waals surface area (Å²) in [5, 5.41) is 31.4. The summed E-state index contributed by atoms with van der Waals surface area (Å²) in [6, 6.07) is 8.98. The Balaban J connectivity index is 1.16. The van der Waals surface area contributed by atoms with Gasteiger partial charge in [0.1, 0.15) is 6.61 Å². The summed E-state index contributed by atoms with van der Waals surface area (Å²) in [5.41, 5.74) is 0.480. The van der Waals surface area contributed by atoms with Crippen LogP contribution in [0.25, 0.3) is 0 Å². The lowest BCUT2D eigenvalue weighted by atomic mass is 9.46. The third-order valence-corrected chi connectivity index (χ3v) is 11.6. The molecule has 1 aliphatic heterocycles. The summed E-state index contributed by atoms with van der Waals surface area (Å²) >= 11 is 0. The van der Waals surface area contributed by atoms with Gasteiger partial charge in [-0.15, -0.1) is 0 Å². The van der Waals surface area contributed by atoms with Crippen LogP contribution in [0.3, 0.4) is 0 Å². The summed E-state index contributed by atoms with van der Waals surface area (Å²) in [6.07, 6.45) is 8.81. The van der Waals surface area contributed by atoms with Crippen LogP contribution >= 0.6 is 0 Å². The largest absolute Gasteiger partial charge is 0.393 e. The fourth-order valence-electron chi connectivity index (χ4n) is 9.65. The Morgan fingerprint density at radius 3 is 2.70 bits per heavy atom. The number of aromatic nitrogens is 1. The highest BCUT2D eigenvalue weighted by Crippen LogP contribution is 2.70. The first-order valence-corrected chi connectivity index (χ1v) is 15.5. The first-order valence-electron chi connectivity index (χ1n) is 15.5. The number of benzene rings is 1. The van der Waals surface area contributed by atoms with Gasteiger partial charge in [-0.3, -0.25) is 19.0 Å². The molecular weight excluding hydrogens is 562 g/mol. The Morgan fingerprint density at radius 2 is 1.93 bits per heavy atom. The predicted octanol–water partition coefficient (Wildman–Crippen LogP) is 3.47. The first-order chi connectivity index (χ1) is 21.0. The Labute approximate surface area is 256 Å². The van der Waals surface area contributed by atoms with E-state index in [2.05, 4.69) is 6.92 Å². The van der Waals surface area contributed by atoms with Gasteiger partial charge in [-0.25, -0.2) is 0 Å². The van der Waals surface area contributed by atoms with Crippen LogP contribution in [0.15, 0.2) is 66.5 Å². The van der Waals surface area contributed by atoms with Crippen molar-refractivity contribution in [3.8, 4) is 0 Å². The summed E-state index contributed by atoms with van der Waals surface area (Å²) < 4.78 is 14.6. The second kappa shape index (κ2) is 10.4. The van der Waals surface area contributed by atoms with Crippen molar-refractivity contribution in [2.75, 3.05) is 6.61 Å². The standard InChI is InChI=1S/C35H39NO8/c1-33-10-8-24(39)14-23(33)6-7-25-26-15-29-35(28(41)19-38,34(26,2)16-27(40)31(25)33)44-32(43-29)22-9-11-36(17-22)30(42)13-20-4-3-5-21(12-20)18-37/h3-5,8-12,14,17,25-27,29,31-32,37-38,40H,6-7,13,15-16,18-19H2,1-2H3/t25-,26-,27-,29+,31+,32+,33-,34-,35+/m0/s1. The van der Waals surface area contributed by atoms with Gasteiger partial charge in [-0.2, -0.15) is 0 Å². The van der Waals surface area contributed by atoms with Gasteiger partial charge in [0, 0.05) is 34.7 Å². The van der Waals surface area contributed by atoms with Gasteiger partial charge in [-0.1, -0.05) is 49.8 Å². The summed E-state index contributed by atoms with van der Waals surface area (Å²) in [7, 11) is 0. The number of allylic oxidation sites excluding steroid dienone is 4. The molecule has 0 radical (unpaired) electrons. The lowest BCUT2D eigenvalue weighted by Crippen LogP contribution is -2.63. The molecule has 9 heteroatoms. The van der Waals surface area contributed by atoms with Crippen molar-refractivity contribution in [3.05, 3.63) is 83.2 Å². The van der Waals surface area contributed by atoms with Crippen molar-refractivity contribution in [1.29, 1.82) is 0 Å². The van der Waals surface area contributed by atoms with Crippen LogP contribution < -0.4 is 0 Å². The number of carbonyl (C=O) groups excluding carboxylic acids is 3. The van der Waals surface area contributed by atoms with E-state index in [4.69, 9.17) is 9.47 Å². The molecular formula is C35H39NO8. The monoisotopic (exact) mass is 601 g/mol. The molecule has 9 nitrogen and oxygen atoms in total. The Hall–Kier alpha value is -3.21. The average molecular weight is 602 g/mol. The number of aliphatic hydroxyl groups is 3. The molecule has 0 amide bonds. The molecule has 9 atom stereocenters. The van der Waals surface area contributed by atoms with E-state index in [0.717, 1.165) is 29.5 Å². The van der Waals surface area contributed by atoms with E-state index in [1.807, 2.05) is 19.1 Å². The molecule has 1 saturated heterocycles. The second-order valence-corrected chi connectivity index (χ2v) is 13.7. The number of aliphatic hydroxyl groups excluding tert-OH is 3. The zero-order valence-corrected chi connectivity index (χ0v) is 25.0. The highest BCUT2D eigenvalue weighted by atomic mass is 16.7. The smallest absolute Gasteiger partial charge is 0.234 e. The molecule has 3 saturated carbocycles. The van der Waals surface area contributed by atoms with Crippen molar-refractivity contribution in [2.45, 2.75) is 76.7 Å². The molecule has 44 heavy (non-hydrogen) atoms. The van der Waals surface area contributed by atoms with Gasteiger partial charge in [0.15, 0.2) is 23.5 Å². The molecule has 1 aromatic carbocycles. The van der Waals surface area contributed by atoms with Crippen LogP contribution in [-0.4, -0.2) is 61.8 Å². The highest BCUT2D eigenvalue weighted by molar-refractivity contribution is 6.01. The zero-order chi connectivity index (χ0) is 31.0. The second-order valence-electron chi connectivity index (χ2n) is 13.7. The number of fused-ring (bicyclic) bond motifs is 7. The van der Waals surface area contributed by atoms with Gasteiger partial charge in [-0.05, 0) is 66.9 Å². The van der Waals surface area contributed by atoms with Crippen molar-refractivity contribution >= 4 is 17.5 Å². The third-order valence-electron chi connectivity index (χ3n) is 11.6. The number of hydrogen-bond acceptors (Lipinski definition) is 8. The van der Waals surface area contributed by atoms with Crippen molar-refractivity contribution in [2.24, 2.45) is 28.6 Å². The van der Waals surface area contributed by atoms with E-state index in [9.17, 15) is 29.7 Å². The molecule has 7 rings (SSSR count). The van der Waals surface area contributed by atoms with Gasteiger partial charge in [0.25, 0.3) is 0 Å². The van der Waals surface area contributed by atoms with Crippen molar-refractivity contribution in [1.82, 2.24) is 4.57 Å². The molecule has 0 bridgehead atoms. The molecule has 4 fully saturated rings. The number of Topliss-reactive ketones (excluding diaryl/α,β-unsaturated/α-hetero) is 1. The molecule has 232 valence electrons. The van der Waals surface area contributed by atoms with Gasteiger partial charge < -0.3 is 24.8 Å². The Morgan fingerprint density at radius 1 is 1.14 bits per heavy atom. The predicted molar refractivity (Wildman–Crippen MR) is 158 cm³/mol. The Kier molecular flexibility index (Phi) is 6.99. The minimum atomic E-state index is -1.45. The molecule has 5 aliphatic rings. The molecule has 2 aromatic rings. The third kappa shape index (κ3) is 4.13. The van der Waals surface area contributed by atoms with Crippen LogP contribution in [0.2, 0.25) is 0 Å². The molecule has 3 N–H and O–H groups in total. The number of ketones is 2. The maximum atomic E-state index is 13.7. The minimum absolute atomic E-state index is 0.00242. The van der Waals surface area contributed by atoms with Crippen LogP contribution in [-0.2, 0) is 32.1 Å². The van der Waals surface area contributed by atoms with Crippen molar-refractivity contribution in [3.63, 3.8) is 0 Å². The fraction of sp³-hybridized carbons (Fsp3) is 0.514. The van der Waals surface area contributed by atoms with E-state index >= 15 is 0 Å². The van der Waals surface area contributed by atoms with Gasteiger partial charge in [0.2, 0.25) is 5.91 Å². The van der Waals surface area contributed by atoms with Crippen LogP contribution in [0.4, 0.5) is 0 Å². The number of nitrogens with zero attached hydrogens (tertiary/aromatic N) is 1. The summed E-state index contributed by atoms with van der Waals surface area (Å²) in [6.45, 7) is 3.29. The minimum Gasteiger partial charge on any atom is -0.393 e. The maximum absolute atomic E-state index is 13.7. The maximum Gasteiger partial charge on any atom is 0.234 e. The molecule has 4 aliphatic carbocycles. The lowest BCUT2D eigenvalue weighted by molar-refractivity contribution is -0.201. The Bertz CT molecular complexity index is 1590. The normalized spacial score (nSPS) is 38.8. The summed E-state index contributed by atoms with van der Waals surface area (Å²) in [5.74, 6) is -0.677. The molecule has 0 unspecified atom stereocenters. The van der Waals surface area contributed by atoms with Crippen LogP contribution in [0, 0.1) is 28.6 Å². The van der Waals surface area contributed by atoms with E-state index < -0.39 is 47.3 Å². The topological polar surface area (TPSA) is 135 Å². The fourth-order valence-corrected chi connectivity index (χ4v) is 9.65. The molecule has 1 aromatic heterocycles. The molecule has 2 heterocycles. The van der Waals surface area contributed by atoms with Gasteiger partial charge in [0.05, 0.1) is 25.2 Å². The first kappa shape index (κ1) is 29.5. The van der Waals surface area contributed by atoms with Gasteiger partial charge >= 0.3 is 0 Å². The number of rotatable bonds is 6. The lowest BCUT2D eigenvalue weighted by Gasteiger charge is -2.59. The molecule has 0 spiro atoms. The average Bonchev–Trinajstić information content (AvgIpc) is 3.70. The zero-order valence-electron chi connectivity index (χ0n) is 25.0. The quantitative estimate of drug-likeness (QED) is 0.458.